The minimum Gasteiger partial charge on any atom is -0.370 e. The summed E-state index contributed by atoms with van der Waals surface area (Å²) >= 11 is 0. The Hall–Kier alpha value is -1.12. The van der Waals surface area contributed by atoms with E-state index in [1.165, 1.54) is 19.3 Å². The van der Waals surface area contributed by atoms with E-state index in [9.17, 15) is 4.39 Å². The van der Waals surface area contributed by atoms with Crippen molar-refractivity contribution in [3.05, 3.63) is 23.8 Å². The molecular formula is C15H23FN2. The van der Waals surface area contributed by atoms with Crippen molar-refractivity contribution in [3.8, 4) is 0 Å². The molecule has 1 aromatic rings. The quantitative estimate of drug-likeness (QED) is 0.789. The minimum atomic E-state index is -0.167. The van der Waals surface area contributed by atoms with Crippen molar-refractivity contribution >= 4 is 5.69 Å². The summed E-state index contributed by atoms with van der Waals surface area (Å²) in [6.45, 7) is 8.28. The van der Waals surface area contributed by atoms with Gasteiger partial charge in [-0.1, -0.05) is 20.8 Å². The Morgan fingerprint density at radius 2 is 2.11 bits per heavy atom. The van der Waals surface area contributed by atoms with E-state index >= 15 is 0 Å². The van der Waals surface area contributed by atoms with Crippen LogP contribution in [0.5, 0.6) is 0 Å². The fourth-order valence-corrected chi connectivity index (χ4v) is 2.56. The normalized spacial score (nSPS) is 21.2. The van der Waals surface area contributed by atoms with E-state index in [0.717, 1.165) is 24.7 Å². The molecule has 1 aliphatic rings. The molecular weight excluding hydrogens is 227 g/mol. The molecule has 1 aliphatic heterocycles. The Bertz CT molecular complexity index is 403. The van der Waals surface area contributed by atoms with Crippen LogP contribution in [-0.4, -0.2) is 18.1 Å². The second-order valence-electron chi connectivity index (χ2n) is 5.74. The number of rotatable bonds is 2. The summed E-state index contributed by atoms with van der Waals surface area (Å²) in [6, 6.07) is 1.65. The topological polar surface area (TPSA) is 16.1 Å². The third-order valence-electron chi connectivity index (χ3n) is 3.78. The standard InChI is InChI=1S/C15H23FN2/c1-11(2)15-14(16)9-13(10-17-15)18-7-4-5-12(3)6-8-18/h9-12H,4-8H2,1-3H3. The second kappa shape index (κ2) is 5.68. The fraction of sp³-hybridized carbons (Fsp3) is 0.667. The molecule has 2 nitrogen and oxygen atoms in total. The molecule has 1 saturated heterocycles. The van der Waals surface area contributed by atoms with Crippen LogP contribution < -0.4 is 4.90 Å². The average molecular weight is 250 g/mol. The van der Waals surface area contributed by atoms with Crippen LogP contribution in [0.1, 0.15) is 51.6 Å². The molecule has 100 valence electrons. The van der Waals surface area contributed by atoms with Gasteiger partial charge in [0.05, 0.1) is 17.6 Å². The first-order chi connectivity index (χ1) is 8.58. The second-order valence-corrected chi connectivity index (χ2v) is 5.74. The van der Waals surface area contributed by atoms with Crippen LogP contribution in [0.4, 0.5) is 10.1 Å². The summed E-state index contributed by atoms with van der Waals surface area (Å²) in [5.41, 5.74) is 1.51. The summed E-state index contributed by atoms with van der Waals surface area (Å²) in [5, 5.41) is 0. The molecule has 2 heterocycles. The maximum Gasteiger partial charge on any atom is 0.147 e. The predicted molar refractivity (Wildman–Crippen MR) is 73.5 cm³/mol. The van der Waals surface area contributed by atoms with Crippen molar-refractivity contribution in [3.63, 3.8) is 0 Å². The summed E-state index contributed by atoms with van der Waals surface area (Å²) in [5.74, 6) is 0.755. The lowest BCUT2D eigenvalue weighted by atomic mass is 10.0. The van der Waals surface area contributed by atoms with Gasteiger partial charge in [0.1, 0.15) is 5.82 Å². The molecule has 3 heteroatoms. The van der Waals surface area contributed by atoms with E-state index in [1.807, 2.05) is 20.0 Å². The molecule has 0 N–H and O–H groups in total. The van der Waals surface area contributed by atoms with E-state index in [0.29, 0.717) is 5.69 Å². The highest BCUT2D eigenvalue weighted by Crippen LogP contribution is 2.25. The molecule has 0 radical (unpaired) electrons. The highest BCUT2D eigenvalue weighted by Gasteiger charge is 2.16. The van der Waals surface area contributed by atoms with E-state index < -0.39 is 0 Å². The van der Waals surface area contributed by atoms with Crippen molar-refractivity contribution in [2.24, 2.45) is 5.92 Å². The maximum absolute atomic E-state index is 13.9. The highest BCUT2D eigenvalue weighted by molar-refractivity contribution is 5.45. The lowest BCUT2D eigenvalue weighted by Crippen LogP contribution is -2.24. The molecule has 1 aromatic heterocycles. The lowest BCUT2D eigenvalue weighted by Gasteiger charge is -2.23. The van der Waals surface area contributed by atoms with Gasteiger partial charge in [-0.3, -0.25) is 4.98 Å². The average Bonchev–Trinajstić information content (AvgIpc) is 2.53. The summed E-state index contributed by atoms with van der Waals surface area (Å²) < 4.78 is 13.9. The van der Waals surface area contributed by atoms with Crippen molar-refractivity contribution < 1.29 is 4.39 Å². The van der Waals surface area contributed by atoms with Gasteiger partial charge >= 0.3 is 0 Å². The molecule has 1 fully saturated rings. The molecule has 1 atom stereocenters. The van der Waals surface area contributed by atoms with Gasteiger partial charge in [0, 0.05) is 19.2 Å². The first-order valence-corrected chi connectivity index (χ1v) is 6.98. The van der Waals surface area contributed by atoms with Gasteiger partial charge in [-0.05, 0) is 31.1 Å². The molecule has 0 spiro atoms. The van der Waals surface area contributed by atoms with Gasteiger partial charge in [0.25, 0.3) is 0 Å². The molecule has 0 aliphatic carbocycles. The van der Waals surface area contributed by atoms with Gasteiger partial charge in [0.2, 0.25) is 0 Å². The van der Waals surface area contributed by atoms with Crippen molar-refractivity contribution in [2.75, 3.05) is 18.0 Å². The van der Waals surface area contributed by atoms with E-state index in [2.05, 4.69) is 16.8 Å². The molecule has 0 saturated carbocycles. The number of anilines is 1. The lowest BCUT2D eigenvalue weighted by molar-refractivity contribution is 0.521. The monoisotopic (exact) mass is 250 g/mol. The van der Waals surface area contributed by atoms with Crippen LogP contribution in [0.25, 0.3) is 0 Å². The molecule has 18 heavy (non-hydrogen) atoms. The maximum atomic E-state index is 13.9. The Labute approximate surface area is 109 Å². The number of pyridine rings is 1. The molecule has 0 bridgehead atoms. The van der Waals surface area contributed by atoms with Crippen molar-refractivity contribution in [1.29, 1.82) is 0 Å². The summed E-state index contributed by atoms with van der Waals surface area (Å²) in [6.07, 6.45) is 5.48. The minimum absolute atomic E-state index is 0.142. The van der Waals surface area contributed by atoms with Gasteiger partial charge in [-0.15, -0.1) is 0 Å². The molecule has 2 rings (SSSR count). The molecule has 0 amide bonds. The van der Waals surface area contributed by atoms with E-state index in [4.69, 9.17) is 0 Å². The number of hydrogen-bond acceptors (Lipinski definition) is 2. The van der Waals surface area contributed by atoms with Gasteiger partial charge in [-0.2, -0.15) is 0 Å². The van der Waals surface area contributed by atoms with Crippen molar-refractivity contribution in [2.45, 2.75) is 46.0 Å². The third-order valence-corrected chi connectivity index (χ3v) is 3.78. The van der Waals surface area contributed by atoms with Crippen LogP contribution in [0.2, 0.25) is 0 Å². The first kappa shape index (κ1) is 13.3. The Balaban J connectivity index is 2.15. The zero-order valence-electron chi connectivity index (χ0n) is 11.6. The smallest absolute Gasteiger partial charge is 0.147 e. The SMILES string of the molecule is CC1CCCN(c2cnc(C(C)C)c(F)c2)CC1. The van der Waals surface area contributed by atoms with Crippen LogP contribution in [0.15, 0.2) is 12.3 Å². The fourth-order valence-electron chi connectivity index (χ4n) is 2.56. The Morgan fingerprint density at radius 1 is 1.33 bits per heavy atom. The molecule has 0 aromatic carbocycles. The van der Waals surface area contributed by atoms with Crippen LogP contribution in [-0.2, 0) is 0 Å². The summed E-state index contributed by atoms with van der Waals surface area (Å²) in [4.78, 5) is 6.55. The number of halogens is 1. The van der Waals surface area contributed by atoms with Crippen molar-refractivity contribution in [1.82, 2.24) is 4.98 Å². The van der Waals surface area contributed by atoms with Gasteiger partial charge in [-0.25, -0.2) is 4.39 Å². The van der Waals surface area contributed by atoms with E-state index in [-0.39, 0.29) is 11.7 Å². The zero-order valence-corrected chi connectivity index (χ0v) is 11.6. The largest absolute Gasteiger partial charge is 0.370 e. The number of aromatic nitrogens is 1. The number of hydrogen-bond donors (Lipinski definition) is 0. The Kier molecular flexibility index (Phi) is 4.20. The Morgan fingerprint density at radius 3 is 2.78 bits per heavy atom. The van der Waals surface area contributed by atoms with Crippen LogP contribution >= 0.6 is 0 Å². The van der Waals surface area contributed by atoms with Gasteiger partial charge in [0.15, 0.2) is 0 Å². The van der Waals surface area contributed by atoms with Crippen LogP contribution in [0, 0.1) is 11.7 Å². The predicted octanol–water partition coefficient (Wildman–Crippen LogP) is 3.97. The first-order valence-electron chi connectivity index (χ1n) is 6.98. The summed E-state index contributed by atoms with van der Waals surface area (Å²) in [7, 11) is 0. The van der Waals surface area contributed by atoms with Gasteiger partial charge < -0.3 is 4.90 Å². The highest BCUT2D eigenvalue weighted by atomic mass is 19.1. The van der Waals surface area contributed by atoms with Crippen LogP contribution in [0.3, 0.4) is 0 Å². The third kappa shape index (κ3) is 3.01. The van der Waals surface area contributed by atoms with E-state index in [1.54, 1.807) is 6.07 Å². The molecule has 1 unspecified atom stereocenters. The zero-order chi connectivity index (χ0) is 13.1. The number of nitrogens with zero attached hydrogens (tertiary/aromatic N) is 2.